The summed E-state index contributed by atoms with van der Waals surface area (Å²) in [6, 6.07) is 14.4. The van der Waals surface area contributed by atoms with Crippen LogP contribution in [0.5, 0.6) is 0 Å². The van der Waals surface area contributed by atoms with E-state index in [2.05, 4.69) is 48.3 Å². The van der Waals surface area contributed by atoms with Gasteiger partial charge >= 0.3 is 0 Å². The first-order valence-electron chi connectivity index (χ1n) is 11.5. The van der Waals surface area contributed by atoms with Crippen molar-refractivity contribution in [2.24, 2.45) is 0 Å². The van der Waals surface area contributed by atoms with Gasteiger partial charge in [0.1, 0.15) is 0 Å². The lowest BCUT2D eigenvalue weighted by molar-refractivity contribution is 0.0932. The number of nitrogens with one attached hydrogen (secondary N) is 1. The predicted octanol–water partition coefficient (Wildman–Crippen LogP) is 4.13. The SMILES string of the molecule is Cc1cc(C)cc(-n2ncc3c2CCC[C@@H]3NC(=O)c2cccc(N3CCOCC3)c2)c1. The number of ether oxygens (including phenoxy) is 1. The highest BCUT2D eigenvalue weighted by molar-refractivity contribution is 5.95. The number of hydrogen-bond acceptors (Lipinski definition) is 4. The van der Waals surface area contributed by atoms with Crippen LogP contribution in [0.15, 0.2) is 48.7 Å². The van der Waals surface area contributed by atoms with Crippen molar-refractivity contribution in [3.05, 3.63) is 76.6 Å². The first-order chi connectivity index (χ1) is 15.6. The molecule has 0 saturated carbocycles. The Morgan fingerprint density at radius 3 is 2.62 bits per heavy atom. The molecule has 2 heterocycles. The van der Waals surface area contributed by atoms with Crippen molar-refractivity contribution in [1.29, 1.82) is 0 Å². The molecule has 0 spiro atoms. The number of rotatable bonds is 4. The zero-order chi connectivity index (χ0) is 22.1. The Balaban J connectivity index is 1.36. The zero-order valence-electron chi connectivity index (χ0n) is 18.8. The molecule has 6 heteroatoms. The lowest BCUT2D eigenvalue weighted by atomic mass is 9.92. The number of aromatic nitrogens is 2. The molecule has 5 rings (SSSR count). The van der Waals surface area contributed by atoms with Crippen molar-refractivity contribution in [2.75, 3.05) is 31.2 Å². The summed E-state index contributed by atoms with van der Waals surface area (Å²) in [7, 11) is 0. The average Bonchev–Trinajstić information content (AvgIpc) is 3.24. The van der Waals surface area contributed by atoms with Gasteiger partial charge in [-0.25, -0.2) is 4.68 Å². The van der Waals surface area contributed by atoms with Gasteiger partial charge in [-0.3, -0.25) is 4.79 Å². The van der Waals surface area contributed by atoms with E-state index in [4.69, 9.17) is 9.84 Å². The molecule has 2 aromatic carbocycles. The second-order valence-electron chi connectivity index (χ2n) is 8.87. The van der Waals surface area contributed by atoms with E-state index in [0.717, 1.165) is 62.5 Å². The van der Waals surface area contributed by atoms with Crippen LogP contribution in [0.1, 0.15) is 51.6 Å². The molecule has 32 heavy (non-hydrogen) atoms. The van der Waals surface area contributed by atoms with Gasteiger partial charge in [0.2, 0.25) is 0 Å². The Kier molecular flexibility index (Phi) is 5.70. The van der Waals surface area contributed by atoms with Gasteiger partial charge < -0.3 is 15.0 Å². The Labute approximate surface area is 189 Å². The second-order valence-corrected chi connectivity index (χ2v) is 8.87. The summed E-state index contributed by atoms with van der Waals surface area (Å²) in [6.45, 7) is 7.39. The number of amides is 1. The third kappa shape index (κ3) is 4.15. The highest BCUT2D eigenvalue weighted by atomic mass is 16.5. The molecule has 1 fully saturated rings. The molecule has 166 valence electrons. The normalized spacial score (nSPS) is 18.3. The predicted molar refractivity (Wildman–Crippen MR) is 126 cm³/mol. The number of carbonyl (C=O) groups excluding carboxylic acids is 1. The fourth-order valence-corrected chi connectivity index (χ4v) is 4.91. The number of nitrogens with zero attached hydrogens (tertiary/aromatic N) is 3. The molecular weight excluding hydrogens is 400 g/mol. The number of hydrogen-bond donors (Lipinski definition) is 1. The molecule has 0 bridgehead atoms. The topological polar surface area (TPSA) is 59.4 Å². The van der Waals surface area contributed by atoms with Gasteiger partial charge in [0.15, 0.2) is 0 Å². The van der Waals surface area contributed by atoms with Crippen LogP contribution in [0.4, 0.5) is 5.69 Å². The lowest BCUT2D eigenvalue weighted by Crippen LogP contribution is -2.36. The van der Waals surface area contributed by atoms with E-state index in [9.17, 15) is 4.79 Å². The van der Waals surface area contributed by atoms with Gasteiger partial charge in [-0.15, -0.1) is 0 Å². The molecule has 1 aliphatic carbocycles. The van der Waals surface area contributed by atoms with Gasteiger partial charge in [0.05, 0.1) is 31.1 Å². The number of benzene rings is 2. The molecule has 1 aliphatic heterocycles. The van der Waals surface area contributed by atoms with Crippen molar-refractivity contribution >= 4 is 11.6 Å². The number of carbonyl (C=O) groups is 1. The minimum absolute atomic E-state index is 0.0158. The van der Waals surface area contributed by atoms with E-state index in [1.807, 2.05) is 29.1 Å². The van der Waals surface area contributed by atoms with Gasteiger partial charge in [0.25, 0.3) is 5.91 Å². The number of morpholine rings is 1. The monoisotopic (exact) mass is 430 g/mol. The Morgan fingerprint density at radius 1 is 1.06 bits per heavy atom. The molecule has 2 aliphatic rings. The molecule has 0 radical (unpaired) electrons. The smallest absolute Gasteiger partial charge is 0.251 e. The summed E-state index contributed by atoms with van der Waals surface area (Å²) in [4.78, 5) is 15.4. The summed E-state index contributed by atoms with van der Waals surface area (Å²) in [6.07, 6.45) is 4.87. The minimum Gasteiger partial charge on any atom is -0.378 e. The standard InChI is InChI=1S/C26H30N4O2/c1-18-13-19(2)15-22(14-18)30-25-8-4-7-24(23(25)17-27-30)28-26(31)20-5-3-6-21(16-20)29-9-11-32-12-10-29/h3,5-6,13-17,24H,4,7-12H2,1-2H3,(H,28,31)/t24-/m0/s1. The van der Waals surface area contributed by atoms with Crippen LogP contribution in [-0.2, 0) is 11.2 Å². The maximum atomic E-state index is 13.1. The van der Waals surface area contributed by atoms with E-state index in [1.54, 1.807) is 0 Å². The van der Waals surface area contributed by atoms with Crippen LogP contribution in [-0.4, -0.2) is 42.0 Å². The van der Waals surface area contributed by atoms with Gasteiger partial charge in [-0.2, -0.15) is 5.10 Å². The summed E-state index contributed by atoms with van der Waals surface area (Å²) in [5, 5.41) is 7.98. The van der Waals surface area contributed by atoms with Gasteiger partial charge in [-0.1, -0.05) is 12.1 Å². The van der Waals surface area contributed by atoms with Gasteiger partial charge in [-0.05, 0) is 74.6 Å². The summed E-state index contributed by atoms with van der Waals surface area (Å²) in [5.74, 6) is -0.0305. The number of anilines is 1. The molecule has 1 atom stereocenters. The molecular formula is C26H30N4O2. The molecule has 0 unspecified atom stereocenters. The number of aryl methyl sites for hydroxylation is 2. The van der Waals surface area contributed by atoms with Crippen LogP contribution in [0.25, 0.3) is 5.69 Å². The number of fused-ring (bicyclic) bond motifs is 1. The quantitative estimate of drug-likeness (QED) is 0.676. The maximum absolute atomic E-state index is 13.1. The van der Waals surface area contributed by atoms with E-state index < -0.39 is 0 Å². The molecule has 1 aromatic heterocycles. The van der Waals surface area contributed by atoms with Crippen LogP contribution in [0.3, 0.4) is 0 Å². The van der Waals surface area contributed by atoms with E-state index in [0.29, 0.717) is 5.56 Å². The highest BCUT2D eigenvalue weighted by Crippen LogP contribution is 2.32. The summed E-state index contributed by atoms with van der Waals surface area (Å²) < 4.78 is 7.50. The highest BCUT2D eigenvalue weighted by Gasteiger charge is 2.26. The van der Waals surface area contributed by atoms with Gasteiger partial charge in [0, 0.05) is 35.6 Å². The molecule has 6 nitrogen and oxygen atoms in total. The van der Waals surface area contributed by atoms with Crippen molar-refractivity contribution in [3.63, 3.8) is 0 Å². The first kappa shape index (κ1) is 20.8. The van der Waals surface area contributed by atoms with Crippen LogP contribution < -0.4 is 10.2 Å². The lowest BCUT2D eigenvalue weighted by Gasteiger charge is -2.29. The van der Waals surface area contributed by atoms with E-state index >= 15 is 0 Å². The minimum atomic E-state index is -0.0305. The molecule has 1 amide bonds. The zero-order valence-corrected chi connectivity index (χ0v) is 18.8. The van der Waals surface area contributed by atoms with E-state index in [-0.39, 0.29) is 11.9 Å². The third-order valence-corrected chi connectivity index (χ3v) is 6.42. The Hall–Kier alpha value is -3.12. The van der Waals surface area contributed by atoms with Crippen LogP contribution in [0, 0.1) is 13.8 Å². The van der Waals surface area contributed by atoms with E-state index in [1.165, 1.54) is 16.8 Å². The molecule has 1 N–H and O–H groups in total. The Morgan fingerprint density at radius 2 is 1.84 bits per heavy atom. The fourth-order valence-electron chi connectivity index (χ4n) is 4.91. The Bertz CT molecular complexity index is 1110. The van der Waals surface area contributed by atoms with Crippen molar-refractivity contribution < 1.29 is 9.53 Å². The first-order valence-corrected chi connectivity index (χ1v) is 11.5. The van der Waals surface area contributed by atoms with Crippen LogP contribution >= 0.6 is 0 Å². The second kappa shape index (κ2) is 8.79. The molecule has 3 aromatic rings. The van der Waals surface area contributed by atoms with Crippen LogP contribution in [0.2, 0.25) is 0 Å². The van der Waals surface area contributed by atoms with Crippen molar-refractivity contribution in [3.8, 4) is 5.69 Å². The third-order valence-electron chi connectivity index (χ3n) is 6.42. The maximum Gasteiger partial charge on any atom is 0.251 e. The molecule has 1 saturated heterocycles. The summed E-state index contributed by atoms with van der Waals surface area (Å²) >= 11 is 0. The largest absolute Gasteiger partial charge is 0.378 e. The fraction of sp³-hybridized carbons (Fsp3) is 0.385. The average molecular weight is 431 g/mol. The summed E-state index contributed by atoms with van der Waals surface area (Å²) in [5.41, 5.74) is 7.65. The van der Waals surface area contributed by atoms with Crippen molar-refractivity contribution in [2.45, 2.75) is 39.2 Å². The van der Waals surface area contributed by atoms with Crippen molar-refractivity contribution in [1.82, 2.24) is 15.1 Å².